The highest BCUT2D eigenvalue weighted by molar-refractivity contribution is 5.92. The van der Waals surface area contributed by atoms with Crippen LogP contribution in [0.5, 0.6) is 5.88 Å². The van der Waals surface area contributed by atoms with Crippen molar-refractivity contribution in [3.63, 3.8) is 0 Å². The van der Waals surface area contributed by atoms with Crippen LogP contribution in [0.3, 0.4) is 0 Å². The molecule has 1 saturated carbocycles. The number of aromatic nitrogens is 1. The SMILES string of the molecule is NC(=NCc1cccnc1OC1CCCC1)Nc1ccccc1. The minimum Gasteiger partial charge on any atom is -0.474 e. The number of guanidine groups is 1. The number of hydrogen-bond acceptors (Lipinski definition) is 3. The van der Waals surface area contributed by atoms with Crippen molar-refractivity contribution in [2.75, 3.05) is 5.32 Å². The fraction of sp³-hybridized carbons (Fsp3) is 0.333. The number of benzene rings is 1. The first-order chi connectivity index (χ1) is 11.3. The summed E-state index contributed by atoms with van der Waals surface area (Å²) in [5.74, 6) is 1.06. The average molecular weight is 310 g/mol. The smallest absolute Gasteiger partial charge is 0.218 e. The van der Waals surface area contributed by atoms with Crippen molar-refractivity contribution in [2.45, 2.75) is 38.3 Å². The van der Waals surface area contributed by atoms with Crippen molar-refractivity contribution >= 4 is 11.6 Å². The molecule has 3 N–H and O–H groups in total. The Kier molecular flexibility index (Phi) is 5.09. The Bertz CT molecular complexity index is 651. The number of aliphatic imine (C=N–C) groups is 1. The largest absolute Gasteiger partial charge is 0.474 e. The topological polar surface area (TPSA) is 72.5 Å². The van der Waals surface area contributed by atoms with E-state index in [1.165, 1.54) is 12.8 Å². The number of nitrogens with zero attached hydrogens (tertiary/aromatic N) is 2. The van der Waals surface area contributed by atoms with Gasteiger partial charge in [0, 0.05) is 17.4 Å². The molecule has 0 amide bonds. The van der Waals surface area contributed by atoms with E-state index in [9.17, 15) is 0 Å². The van der Waals surface area contributed by atoms with Crippen molar-refractivity contribution in [1.29, 1.82) is 0 Å². The normalized spacial score (nSPS) is 15.6. The third-order valence-corrected chi connectivity index (χ3v) is 3.90. The van der Waals surface area contributed by atoms with Gasteiger partial charge in [-0.3, -0.25) is 0 Å². The molecule has 0 spiro atoms. The monoisotopic (exact) mass is 310 g/mol. The summed E-state index contributed by atoms with van der Waals surface area (Å²) >= 11 is 0. The summed E-state index contributed by atoms with van der Waals surface area (Å²) < 4.78 is 6.02. The lowest BCUT2D eigenvalue weighted by molar-refractivity contribution is 0.199. The van der Waals surface area contributed by atoms with E-state index in [2.05, 4.69) is 15.3 Å². The molecule has 0 unspecified atom stereocenters. The number of pyridine rings is 1. The minimum atomic E-state index is 0.285. The van der Waals surface area contributed by atoms with Crippen LogP contribution in [0.4, 0.5) is 5.69 Å². The maximum absolute atomic E-state index is 6.02. The van der Waals surface area contributed by atoms with Gasteiger partial charge in [-0.1, -0.05) is 24.3 Å². The lowest BCUT2D eigenvalue weighted by Crippen LogP contribution is -2.22. The van der Waals surface area contributed by atoms with Gasteiger partial charge in [-0.2, -0.15) is 0 Å². The van der Waals surface area contributed by atoms with Crippen LogP contribution in [0.2, 0.25) is 0 Å². The van der Waals surface area contributed by atoms with Crippen LogP contribution < -0.4 is 15.8 Å². The average Bonchev–Trinajstić information content (AvgIpc) is 3.08. The van der Waals surface area contributed by atoms with Crippen molar-refractivity contribution in [2.24, 2.45) is 10.7 Å². The number of para-hydroxylation sites is 1. The van der Waals surface area contributed by atoms with Crippen molar-refractivity contribution in [1.82, 2.24) is 4.98 Å². The van der Waals surface area contributed by atoms with E-state index in [1.54, 1.807) is 6.20 Å². The first kappa shape index (κ1) is 15.3. The Morgan fingerprint density at radius 3 is 2.74 bits per heavy atom. The molecule has 1 aromatic carbocycles. The molecule has 1 heterocycles. The molecule has 1 aliphatic rings. The molecular weight excluding hydrogens is 288 g/mol. The van der Waals surface area contributed by atoms with Crippen LogP contribution in [0, 0.1) is 0 Å². The molecule has 1 fully saturated rings. The van der Waals surface area contributed by atoms with E-state index < -0.39 is 0 Å². The summed E-state index contributed by atoms with van der Waals surface area (Å²) in [5, 5.41) is 3.07. The quantitative estimate of drug-likeness (QED) is 0.656. The molecule has 1 aliphatic carbocycles. The predicted molar refractivity (Wildman–Crippen MR) is 92.5 cm³/mol. The van der Waals surface area contributed by atoms with Gasteiger partial charge in [0.2, 0.25) is 5.88 Å². The van der Waals surface area contributed by atoms with Gasteiger partial charge in [-0.15, -0.1) is 0 Å². The van der Waals surface area contributed by atoms with E-state index in [-0.39, 0.29) is 6.10 Å². The Balaban J connectivity index is 1.63. The zero-order valence-electron chi connectivity index (χ0n) is 13.1. The fourth-order valence-corrected chi connectivity index (χ4v) is 2.69. The van der Waals surface area contributed by atoms with E-state index in [4.69, 9.17) is 10.5 Å². The van der Waals surface area contributed by atoms with Gasteiger partial charge in [0.1, 0.15) is 6.10 Å². The van der Waals surface area contributed by atoms with Crippen LogP contribution >= 0.6 is 0 Å². The molecule has 3 rings (SSSR count). The van der Waals surface area contributed by atoms with Gasteiger partial charge in [0.05, 0.1) is 6.54 Å². The van der Waals surface area contributed by atoms with Crippen molar-refractivity contribution in [3.8, 4) is 5.88 Å². The number of anilines is 1. The number of nitrogens with two attached hydrogens (primary N) is 1. The highest BCUT2D eigenvalue weighted by atomic mass is 16.5. The molecule has 23 heavy (non-hydrogen) atoms. The molecule has 0 atom stereocenters. The molecule has 5 nitrogen and oxygen atoms in total. The lowest BCUT2D eigenvalue weighted by Gasteiger charge is -2.14. The number of hydrogen-bond donors (Lipinski definition) is 2. The molecule has 0 aliphatic heterocycles. The maximum Gasteiger partial charge on any atom is 0.218 e. The van der Waals surface area contributed by atoms with E-state index in [0.717, 1.165) is 24.1 Å². The molecule has 0 radical (unpaired) electrons. The van der Waals surface area contributed by atoms with Gasteiger partial charge in [-0.25, -0.2) is 9.98 Å². The highest BCUT2D eigenvalue weighted by Crippen LogP contribution is 2.25. The Morgan fingerprint density at radius 2 is 1.96 bits per heavy atom. The Hall–Kier alpha value is -2.56. The van der Waals surface area contributed by atoms with Gasteiger partial charge in [0.25, 0.3) is 0 Å². The predicted octanol–water partition coefficient (Wildman–Crippen LogP) is 3.33. The van der Waals surface area contributed by atoms with Gasteiger partial charge in [0.15, 0.2) is 5.96 Å². The van der Waals surface area contributed by atoms with Crippen LogP contribution in [-0.4, -0.2) is 17.0 Å². The number of nitrogens with one attached hydrogen (secondary N) is 1. The molecule has 2 aromatic rings. The standard InChI is InChI=1S/C18H22N4O/c19-18(22-15-8-2-1-3-9-15)21-13-14-7-6-12-20-17(14)23-16-10-4-5-11-16/h1-3,6-9,12,16H,4-5,10-11,13H2,(H3,19,21,22). The van der Waals surface area contributed by atoms with Gasteiger partial charge in [-0.05, 0) is 43.9 Å². The molecule has 120 valence electrons. The number of ether oxygens (including phenoxy) is 1. The van der Waals surface area contributed by atoms with E-state index in [1.807, 2.05) is 42.5 Å². The lowest BCUT2D eigenvalue weighted by atomic mass is 10.2. The second kappa shape index (κ2) is 7.63. The van der Waals surface area contributed by atoms with Gasteiger partial charge >= 0.3 is 0 Å². The molecule has 0 saturated heterocycles. The van der Waals surface area contributed by atoms with Crippen molar-refractivity contribution < 1.29 is 4.74 Å². The van der Waals surface area contributed by atoms with Crippen LogP contribution in [-0.2, 0) is 6.54 Å². The zero-order chi connectivity index (χ0) is 15.9. The van der Waals surface area contributed by atoms with Crippen molar-refractivity contribution in [3.05, 3.63) is 54.2 Å². The highest BCUT2D eigenvalue weighted by Gasteiger charge is 2.18. The Labute approximate surface area is 136 Å². The first-order valence-electron chi connectivity index (χ1n) is 8.04. The molecule has 1 aromatic heterocycles. The van der Waals surface area contributed by atoms with Crippen LogP contribution in [0.25, 0.3) is 0 Å². The summed E-state index contributed by atoms with van der Waals surface area (Å²) in [6.07, 6.45) is 6.72. The Morgan fingerprint density at radius 1 is 1.17 bits per heavy atom. The third kappa shape index (κ3) is 4.45. The minimum absolute atomic E-state index is 0.285. The molecular formula is C18H22N4O. The molecule has 0 bridgehead atoms. The summed E-state index contributed by atoms with van der Waals surface area (Å²) in [4.78, 5) is 8.74. The second-order valence-electron chi connectivity index (χ2n) is 5.68. The zero-order valence-corrected chi connectivity index (χ0v) is 13.1. The first-order valence-corrected chi connectivity index (χ1v) is 8.04. The summed E-state index contributed by atoms with van der Waals surface area (Å²) in [5.41, 5.74) is 7.82. The third-order valence-electron chi connectivity index (χ3n) is 3.90. The maximum atomic E-state index is 6.02. The fourth-order valence-electron chi connectivity index (χ4n) is 2.69. The van der Waals surface area contributed by atoms with Crippen LogP contribution in [0.15, 0.2) is 53.7 Å². The summed E-state index contributed by atoms with van der Waals surface area (Å²) in [6, 6.07) is 13.6. The van der Waals surface area contributed by atoms with Crippen LogP contribution in [0.1, 0.15) is 31.2 Å². The molecule has 5 heteroatoms. The second-order valence-corrected chi connectivity index (χ2v) is 5.68. The van der Waals surface area contributed by atoms with E-state index in [0.29, 0.717) is 18.4 Å². The summed E-state index contributed by atoms with van der Waals surface area (Å²) in [7, 11) is 0. The van der Waals surface area contributed by atoms with Gasteiger partial charge < -0.3 is 15.8 Å². The summed E-state index contributed by atoms with van der Waals surface area (Å²) in [6.45, 7) is 0.446. The number of rotatable bonds is 5. The van der Waals surface area contributed by atoms with E-state index >= 15 is 0 Å².